The molecule has 0 bridgehead atoms. The topological polar surface area (TPSA) is 70.2 Å². The molecule has 5 nitrogen and oxygen atoms in total. The Labute approximate surface area is 103 Å². The van der Waals surface area contributed by atoms with Gasteiger partial charge in [-0.2, -0.15) is 0 Å². The molecule has 17 heavy (non-hydrogen) atoms. The smallest absolute Gasteiger partial charge is 0.242 e. The summed E-state index contributed by atoms with van der Waals surface area (Å²) in [5.41, 5.74) is 0. The van der Waals surface area contributed by atoms with Crippen LogP contribution in [0.1, 0.15) is 33.1 Å². The van der Waals surface area contributed by atoms with Crippen molar-refractivity contribution < 1.29 is 9.59 Å². The lowest BCUT2D eigenvalue weighted by Gasteiger charge is -2.19. The van der Waals surface area contributed by atoms with E-state index >= 15 is 0 Å². The molecule has 0 heterocycles. The third-order valence-corrected chi connectivity index (χ3v) is 2.73. The Morgan fingerprint density at radius 2 is 1.94 bits per heavy atom. The molecule has 0 aromatic carbocycles. The van der Waals surface area contributed by atoms with Crippen LogP contribution in [0.3, 0.4) is 0 Å². The molecule has 3 N–H and O–H groups in total. The molecule has 1 aliphatic carbocycles. The van der Waals surface area contributed by atoms with Crippen molar-refractivity contribution in [1.29, 1.82) is 0 Å². The highest BCUT2D eigenvalue weighted by Crippen LogP contribution is 2.17. The van der Waals surface area contributed by atoms with Gasteiger partial charge < -0.3 is 16.0 Å². The van der Waals surface area contributed by atoms with Gasteiger partial charge in [0.1, 0.15) is 6.04 Å². The second-order valence-corrected chi connectivity index (χ2v) is 5.02. The van der Waals surface area contributed by atoms with Gasteiger partial charge in [0.15, 0.2) is 0 Å². The molecule has 2 amide bonds. The highest BCUT2D eigenvalue weighted by Gasteiger charge is 2.23. The van der Waals surface area contributed by atoms with Crippen molar-refractivity contribution in [3.05, 3.63) is 0 Å². The number of amides is 2. The summed E-state index contributed by atoms with van der Waals surface area (Å²) in [4.78, 5) is 23.2. The fourth-order valence-corrected chi connectivity index (χ4v) is 1.65. The summed E-state index contributed by atoms with van der Waals surface area (Å²) < 4.78 is 0. The molecular formula is C12H23N3O2. The minimum absolute atomic E-state index is 0.105. The zero-order valence-corrected chi connectivity index (χ0v) is 10.9. The molecular weight excluding hydrogens is 218 g/mol. The predicted molar refractivity (Wildman–Crippen MR) is 66.5 cm³/mol. The van der Waals surface area contributed by atoms with Crippen LogP contribution in [0.25, 0.3) is 0 Å². The average molecular weight is 241 g/mol. The minimum atomic E-state index is -0.423. The fourth-order valence-electron chi connectivity index (χ4n) is 1.65. The number of nitrogens with one attached hydrogen (secondary N) is 3. The summed E-state index contributed by atoms with van der Waals surface area (Å²) in [7, 11) is 1.59. The maximum absolute atomic E-state index is 11.6. The standard InChI is InChI=1S/C12H23N3O2/c1-8(2)6-10(12(17)13-3)15-11(16)7-14-9-4-5-9/h8-10,14H,4-7H2,1-3H3,(H,13,17)(H,15,16). The predicted octanol–water partition coefficient (Wildman–Crippen LogP) is 0.0153. The first-order valence-electron chi connectivity index (χ1n) is 6.27. The minimum Gasteiger partial charge on any atom is -0.357 e. The molecule has 0 saturated heterocycles. The Morgan fingerprint density at radius 3 is 2.41 bits per heavy atom. The van der Waals surface area contributed by atoms with Crippen molar-refractivity contribution in [3.63, 3.8) is 0 Å². The Kier molecular flexibility index (Phi) is 5.41. The lowest BCUT2D eigenvalue weighted by atomic mass is 10.0. The average Bonchev–Trinajstić information content (AvgIpc) is 3.07. The van der Waals surface area contributed by atoms with Crippen LogP contribution in [0.15, 0.2) is 0 Å². The van der Waals surface area contributed by atoms with E-state index in [0.29, 0.717) is 24.9 Å². The van der Waals surface area contributed by atoms with E-state index in [4.69, 9.17) is 0 Å². The quantitative estimate of drug-likeness (QED) is 0.588. The highest BCUT2D eigenvalue weighted by molar-refractivity contribution is 5.88. The monoisotopic (exact) mass is 241 g/mol. The van der Waals surface area contributed by atoms with Crippen molar-refractivity contribution in [2.75, 3.05) is 13.6 Å². The second-order valence-electron chi connectivity index (χ2n) is 5.02. The van der Waals surface area contributed by atoms with Gasteiger partial charge in [-0.15, -0.1) is 0 Å². The molecule has 5 heteroatoms. The molecule has 0 aromatic rings. The van der Waals surface area contributed by atoms with Gasteiger partial charge in [0.2, 0.25) is 11.8 Å². The van der Waals surface area contributed by atoms with E-state index in [-0.39, 0.29) is 11.8 Å². The van der Waals surface area contributed by atoms with Gasteiger partial charge in [-0.3, -0.25) is 9.59 Å². The number of rotatable bonds is 7. The van der Waals surface area contributed by atoms with Crippen LogP contribution in [0.2, 0.25) is 0 Å². The maximum atomic E-state index is 11.6. The molecule has 1 aliphatic rings. The molecule has 0 aliphatic heterocycles. The summed E-state index contributed by atoms with van der Waals surface area (Å²) in [5.74, 6) is 0.138. The van der Waals surface area contributed by atoms with Crippen molar-refractivity contribution in [1.82, 2.24) is 16.0 Å². The van der Waals surface area contributed by atoms with E-state index in [9.17, 15) is 9.59 Å². The SMILES string of the molecule is CNC(=O)C(CC(C)C)NC(=O)CNC1CC1. The normalized spacial score (nSPS) is 16.7. The molecule has 1 atom stereocenters. The van der Waals surface area contributed by atoms with Crippen LogP contribution in [0, 0.1) is 5.92 Å². The van der Waals surface area contributed by atoms with Crippen LogP contribution < -0.4 is 16.0 Å². The molecule has 1 saturated carbocycles. The summed E-state index contributed by atoms with van der Waals surface area (Å²) in [6.45, 7) is 4.37. The number of likely N-dealkylation sites (N-methyl/N-ethyl adjacent to an activating group) is 1. The summed E-state index contributed by atoms with van der Waals surface area (Å²) in [6.07, 6.45) is 2.96. The number of hydrogen-bond donors (Lipinski definition) is 3. The molecule has 1 unspecified atom stereocenters. The van der Waals surface area contributed by atoms with Crippen LogP contribution in [-0.4, -0.2) is 37.5 Å². The summed E-state index contributed by atoms with van der Waals surface area (Å²) in [6, 6.07) is 0.0813. The largest absolute Gasteiger partial charge is 0.357 e. The molecule has 98 valence electrons. The lowest BCUT2D eigenvalue weighted by molar-refractivity contribution is -0.128. The molecule has 1 fully saturated rings. The van der Waals surface area contributed by atoms with Gasteiger partial charge in [0, 0.05) is 13.1 Å². The van der Waals surface area contributed by atoms with Gasteiger partial charge in [0.25, 0.3) is 0 Å². The first kappa shape index (κ1) is 14.0. The van der Waals surface area contributed by atoms with E-state index < -0.39 is 6.04 Å². The van der Waals surface area contributed by atoms with Gasteiger partial charge >= 0.3 is 0 Å². The van der Waals surface area contributed by atoms with Crippen molar-refractivity contribution in [3.8, 4) is 0 Å². The van der Waals surface area contributed by atoms with E-state index in [0.717, 1.165) is 12.8 Å². The lowest BCUT2D eigenvalue weighted by Crippen LogP contribution is -2.48. The van der Waals surface area contributed by atoms with Crippen LogP contribution in [0.4, 0.5) is 0 Å². The third kappa shape index (κ3) is 5.68. The maximum Gasteiger partial charge on any atom is 0.242 e. The molecule has 0 radical (unpaired) electrons. The van der Waals surface area contributed by atoms with E-state index in [1.165, 1.54) is 0 Å². The second kappa shape index (κ2) is 6.59. The number of carbonyl (C=O) groups is 2. The van der Waals surface area contributed by atoms with Gasteiger partial charge in [-0.1, -0.05) is 13.8 Å². The highest BCUT2D eigenvalue weighted by atomic mass is 16.2. The van der Waals surface area contributed by atoms with Gasteiger partial charge in [0.05, 0.1) is 6.54 Å². The first-order chi connectivity index (χ1) is 8.02. The summed E-state index contributed by atoms with van der Waals surface area (Å²) in [5, 5.41) is 8.48. The Balaban J connectivity index is 2.34. The first-order valence-corrected chi connectivity index (χ1v) is 6.27. The molecule has 0 spiro atoms. The Hall–Kier alpha value is -1.10. The van der Waals surface area contributed by atoms with Crippen molar-refractivity contribution in [2.45, 2.75) is 45.2 Å². The fraction of sp³-hybridized carbons (Fsp3) is 0.833. The van der Waals surface area contributed by atoms with E-state index in [1.807, 2.05) is 13.8 Å². The number of carbonyl (C=O) groups excluding carboxylic acids is 2. The van der Waals surface area contributed by atoms with E-state index in [2.05, 4.69) is 16.0 Å². The van der Waals surface area contributed by atoms with E-state index in [1.54, 1.807) is 7.05 Å². The summed E-state index contributed by atoms with van der Waals surface area (Å²) >= 11 is 0. The Bertz CT molecular complexity index is 275. The van der Waals surface area contributed by atoms with Crippen LogP contribution >= 0.6 is 0 Å². The third-order valence-electron chi connectivity index (χ3n) is 2.73. The van der Waals surface area contributed by atoms with Crippen LogP contribution in [0.5, 0.6) is 0 Å². The zero-order valence-electron chi connectivity index (χ0n) is 10.9. The van der Waals surface area contributed by atoms with Crippen molar-refractivity contribution >= 4 is 11.8 Å². The Morgan fingerprint density at radius 1 is 1.29 bits per heavy atom. The number of hydrogen-bond acceptors (Lipinski definition) is 3. The van der Waals surface area contributed by atoms with Gasteiger partial charge in [-0.05, 0) is 25.2 Å². The molecule has 1 rings (SSSR count). The molecule has 0 aromatic heterocycles. The van der Waals surface area contributed by atoms with Crippen LogP contribution in [-0.2, 0) is 9.59 Å². The van der Waals surface area contributed by atoms with Gasteiger partial charge in [-0.25, -0.2) is 0 Å². The zero-order chi connectivity index (χ0) is 12.8. The van der Waals surface area contributed by atoms with Crippen molar-refractivity contribution in [2.24, 2.45) is 5.92 Å².